The number of aliphatic hydroxyl groups excluding tert-OH is 4. The van der Waals surface area contributed by atoms with Crippen LogP contribution >= 0.6 is 0 Å². The summed E-state index contributed by atoms with van der Waals surface area (Å²) in [4.78, 5) is 31.6. The van der Waals surface area contributed by atoms with Crippen molar-refractivity contribution < 1.29 is 39.9 Å². The molecule has 92 valence electrons. The second kappa shape index (κ2) is 5.66. The van der Waals surface area contributed by atoms with E-state index in [9.17, 15) is 14.4 Å². The smallest absolute Gasteiger partial charge is 0.335 e. The van der Waals surface area contributed by atoms with Gasteiger partial charge in [-0.15, -0.1) is 0 Å². The van der Waals surface area contributed by atoms with Crippen molar-refractivity contribution in [1.29, 1.82) is 0 Å². The molecule has 0 rings (SSSR count). The maximum absolute atomic E-state index is 10.9. The van der Waals surface area contributed by atoms with Crippen LogP contribution in [0.2, 0.25) is 0 Å². The number of hydrogen-bond donors (Lipinski definition) is 5. The van der Waals surface area contributed by atoms with Crippen molar-refractivity contribution in [3.63, 3.8) is 0 Å². The zero-order chi connectivity index (χ0) is 13.0. The van der Waals surface area contributed by atoms with Crippen molar-refractivity contribution in [2.75, 3.05) is 0 Å². The van der Waals surface area contributed by atoms with Crippen LogP contribution in [0, 0.1) is 0 Å². The molecule has 4 atom stereocenters. The Morgan fingerprint density at radius 3 is 1.56 bits per heavy atom. The normalized spacial score (nSPS) is 18.3. The Kier molecular flexibility index (Phi) is 5.18. The third-order valence-electron chi connectivity index (χ3n) is 1.87. The highest BCUT2D eigenvalue weighted by atomic mass is 16.4. The van der Waals surface area contributed by atoms with E-state index in [0.717, 1.165) is 6.92 Å². The van der Waals surface area contributed by atoms with Crippen LogP contribution in [-0.2, 0) is 14.4 Å². The lowest BCUT2D eigenvalue weighted by Crippen LogP contribution is -2.51. The van der Waals surface area contributed by atoms with E-state index < -0.39 is 42.0 Å². The Bertz CT molecular complexity index is 298. The molecule has 0 aliphatic carbocycles. The molecular formula is C8H12O8. The summed E-state index contributed by atoms with van der Waals surface area (Å²) in [6.45, 7) is 0.832. The highest BCUT2D eigenvalue weighted by molar-refractivity contribution is 6.38. The molecule has 0 spiro atoms. The number of carbonyl (C=O) groups excluding carboxylic acids is 2. The van der Waals surface area contributed by atoms with Crippen LogP contribution in [0.1, 0.15) is 6.92 Å². The maximum Gasteiger partial charge on any atom is 0.335 e. The zero-order valence-corrected chi connectivity index (χ0v) is 8.27. The predicted octanol–water partition coefficient (Wildman–Crippen LogP) is -3.33. The first-order chi connectivity index (χ1) is 7.20. The van der Waals surface area contributed by atoms with E-state index in [2.05, 4.69) is 0 Å². The Morgan fingerprint density at radius 2 is 1.25 bits per heavy atom. The van der Waals surface area contributed by atoms with Gasteiger partial charge in [-0.25, -0.2) is 4.79 Å². The van der Waals surface area contributed by atoms with Gasteiger partial charge in [0.1, 0.15) is 18.3 Å². The molecule has 0 aromatic carbocycles. The lowest BCUT2D eigenvalue weighted by molar-refractivity contribution is -0.166. The fourth-order valence-corrected chi connectivity index (χ4v) is 0.883. The number of Topliss-reactive ketones (excluding diaryl/α,β-unsaturated/α-hetero) is 2. The summed E-state index contributed by atoms with van der Waals surface area (Å²) in [7, 11) is 0. The molecule has 8 nitrogen and oxygen atoms in total. The van der Waals surface area contributed by atoms with Crippen molar-refractivity contribution in [2.45, 2.75) is 31.3 Å². The van der Waals surface area contributed by atoms with E-state index in [1.807, 2.05) is 0 Å². The highest BCUT2D eigenvalue weighted by Gasteiger charge is 2.38. The summed E-state index contributed by atoms with van der Waals surface area (Å²) in [6, 6.07) is 0. The summed E-state index contributed by atoms with van der Waals surface area (Å²) in [5, 5.41) is 44.3. The van der Waals surface area contributed by atoms with Crippen molar-refractivity contribution >= 4 is 17.5 Å². The van der Waals surface area contributed by atoms with Gasteiger partial charge in [0.25, 0.3) is 0 Å². The standard InChI is InChI=1S/C8H12O8/c1-2(9)3(10)4(11)5(12)6(13)7(14)8(15)16/h4-7,11-14H,1H3,(H,15,16). The van der Waals surface area contributed by atoms with Gasteiger partial charge < -0.3 is 25.5 Å². The van der Waals surface area contributed by atoms with Crippen LogP contribution < -0.4 is 0 Å². The first-order valence-corrected chi connectivity index (χ1v) is 4.20. The summed E-state index contributed by atoms with van der Waals surface area (Å²) in [5.74, 6) is -4.29. The van der Waals surface area contributed by atoms with Gasteiger partial charge in [0.05, 0.1) is 0 Å². The lowest BCUT2D eigenvalue weighted by atomic mass is 9.99. The van der Waals surface area contributed by atoms with Crippen LogP contribution in [0.15, 0.2) is 0 Å². The minimum absolute atomic E-state index is 0.832. The van der Waals surface area contributed by atoms with E-state index in [1.165, 1.54) is 0 Å². The fraction of sp³-hybridized carbons (Fsp3) is 0.625. The second-order valence-corrected chi connectivity index (χ2v) is 3.13. The first kappa shape index (κ1) is 14.6. The fourth-order valence-electron chi connectivity index (χ4n) is 0.883. The quantitative estimate of drug-likeness (QED) is 0.300. The molecule has 0 saturated carbocycles. The van der Waals surface area contributed by atoms with E-state index in [0.29, 0.717) is 0 Å². The Balaban J connectivity index is 4.67. The molecule has 0 aromatic rings. The minimum atomic E-state index is -2.37. The summed E-state index contributed by atoms with van der Waals surface area (Å²) < 4.78 is 0. The van der Waals surface area contributed by atoms with E-state index in [4.69, 9.17) is 25.5 Å². The van der Waals surface area contributed by atoms with Crippen molar-refractivity contribution in [3.05, 3.63) is 0 Å². The predicted molar refractivity (Wildman–Crippen MR) is 47.4 cm³/mol. The summed E-state index contributed by atoms with van der Waals surface area (Å²) >= 11 is 0. The number of rotatable bonds is 6. The molecule has 0 aromatic heterocycles. The number of hydrogen-bond acceptors (Lipinski definition) is 7. The first-order valence-electron chi connectivity index (χ1n) is 4.20. The van der Waals surface area contributed by atoms with Gasteiger partial charge in [-0.2, -0.15) is 0 Å². The van der Waals surface area contributed by atoms with Gasteiger partial charge in [-0.3, -0.25) is 9.59 Å². The number of carbonyl (C=O) groups is 3. The van der Waals surface area contributed by atoms with Gasteiger partial charge in [-0.1, -0.05) is 0 Å². The Morgan fingerprint density at radius 1 is 0.875 bits per heavy atom. The summed E-state index contributed by atoms with van der Waals surface area (Å²) in [6.07, 6.45) is -9.19. The van der Waals surface area contributed by atoms with Crippen molar-refractivity contribution in [1.82, 2.24) is 0 Å². The van der Waals surface area contributed by atoms with E-state index in [1.54, 1.807) is 0 Å². The van der Waals surface area contributed by atoms with Crippen molar-refractivity contribution in [2.24, 2.45) is 0 Å². The highest BCUT2D eigenvalue weighted by Crippen LogP contribution is 2.06. The average molecular weight is 236 g/mol. The van der Waals surface area contributed by atoms with E-state index >= 15 is 0 Å². The van der Waals surface area contributed by atoms with E-state index in [-0.39, 0.29) is 0 Å². The number of aliphatic hydroxyl groups is 4. The third kappa shape index (κ3) is 3.35. The van der Waals surface area contributed by atoms with Crippen LogP contribution in [-0.4, -0.2) is 67.5 Å². The largest absolute Gasteiger partial charge is 0.479 e. The number of carboxylic acids is 1. The lowest BCUT2D eigenvalue weighted by Gasteiger charge is -2.22. The maximum atomic E-state index is 10.9. The van der Waals surface area contributed by atoms with Crippen LogP contribution in [0.4, 0.5) is 0 Å². The molecule has 0 radical (unpaired) electrons. The molecule has 0 aliphatic heterocycles. The molecule has 0 aliphatic rings. The average Bonchev–Trinajstić information content (AvgIpc) is 2.23. The van der Waals surface area contributed by atoms with Crippen LogP contribution in [0.5, 0.6) is 0 Å². The van der Waals surface area contributed by atoms with Gasteiger partial charge in [-0.05, 0) is 0 Å². The molecule has 0 amide bonds. The topological polar surface area (TPSA) is 152 Å². The minimum Gasteiger partial charge on any atom is -0.479 e. The van der Waals surface area contributed by atoms with Gasteiger partial charge in [0, 0.05) is 6.92 Å². The van der Waals surface area contributed by atoms with Crippen LogP contribution in [0.3, 0.4) is 0 Å². The van der Waals surface area contributed by atoms with Crippen molar-refractivity contribution in [3.8, 4) is 0 Å². The molecule has 0 saturated heterocycles. The zero-order valence-electron chi connectivity index (χ0n) is 8.27. The Hall–Kier alpha value is -1.35. The van der Waals surface area contributed by atoms with Gasteiger partial charge in [0.2, 0.25) is 5.78 Å². The SMILES string of the molecule is CC(=O)C(=O)C(O)C(O)C(O)C(O)C(=O)O. The molecule has 0 heterocycles. The van der Waals surface area contributed by atoms with Crippen LogP contribution in [0.25, 0.3) is 0 Å². The molecule has 16 heavy (non-hydrogen) atoms. The third-order valence-corrected chi connectivity index (χ3v) is 1.87. The Labute approximate surface area is 89.7 Å². The molecule has 8 heteroatoms. The molecule has 0 bridgehead atoms. The number of aliphatic carboxylic acids is 1. The summed E-state index contributed by atoms with van der Waals surface area (Å²) in [5.41, 5.74) is 0. The molecule has 0 fully saturated rings. The molecule has 5 N–H and O–H groups in total. The molecular weight excluding hydrogens is 224 g/mol. The van der Waals surface area contributed by atoms with Gasteiger partial charge in [0.15, 0.2) is 11.9 Å². The molecule has 4 unspecified atom stereocenters. The number of ketones is 2. The monoisotopic (exact) mass is 236 g/mol. The van der Waals surface area contributed by atoms with Gasteiger partial charge >= 0.3 is 5.97 Å². The second-order valence-electron chi connectivity index (χ2n) is 3.13. The number of carboxylic acid groups (broad SMARTS) is 1.